The number of rotatable bonds is 6. The average Bonchev–Trinajstić information content (AvgIpc) is 3.49. The fourth-order valence-corrected chi connectivity index (χ4v) is 5.27. The molecule has 0 atom stereocenters. The summed E-state index contributed by atoms with van der Waals surface area (Å²) in [5, 5.41) is 1.07. The van der Waals surface area contributed by atoms with Crippen LogP contribution in [0.25, 0.3) is 39.1 Å². The molecule has 3 aromatic carbocycles. The lowest BCUT2D eigenvalue weighted by Gasteiger charge is -2.22. The van der Waals surface area contributed by atoms with Gasteiger partial charge in [0.15, 0.2) is 0 Å². The first-order chi connectivity index (χ1) is 18.0. The average molecular weight is 486 g/mol. The molecule has 6 rings (SSSR count). The number of furan rings is 1. The highest BCUT2D eigenvalue weighted by Crippen LogP contribution is 2.39. The number of imidazole rings is 1. The molecule has 0 aliphatic heterocycles. The van der Waals surface area contributed by atoms with Gasteiger partial charge >= 0.3 is 0 Å². The van der Waals surface area contributed by atoms with Crippen LogP contribution in [0.5, 0.6) is 0 Å². The Kier molecular flexibility index (Phi) is 5.88. The summed E-state index contributed by atoms with van der Waals surface area (Å²) in [5.74, 6) is 1.65. The molecule has 0 amide bonds. The fourth-order valence-electron chi connectivity index (χ4n) is 5.27. The van der Waals surface area contributed by atoms with Crippen molar-refractivity contribution in [2.75, 3.05) is 0 Å². The Labute approximate surface area is 217 Å². The van der Waals surface area contributed by atoms with Gasteiger partial charge in [0.25, 0.3) is 0 Å². The topological polar surface area (TPSA) is 43.9 Å². The van der Waals surface area contributed by atoms with Crippen LogP contribution < -0.4 is 0 Å². The zero-order valence-corrected chi connectivity index (χ0v) is 21.8. The number of para-hydroxylation sites is 3. The maximum Gasteiger partial charge on any atom is 0.149 e. The Morgan fingerprint density at radius 3 is 2.30 bits per heavy atom. The Hall–Kier alpha value is -4.18. The van der Waals surface area contributed by atoms with Crippen LogP contribution in [-0.2, 0) is 6.42 Å². The molecule has 0 radical (unpaired) electrons. The third-order valence-electron chi connectivity index (χ3n) is 7.12. The molecule has 0 bridgehead atoms. The van der Waals surface area contributed by atoms with Crippen molar-refractivity contribution in [1.82, 2.24) is 14.5 Å². The SMILES string of the molecule is CC(C)c1cccc(C(C)C)c1-n1c(-c2coc3ccc(Cc4ccccn4)cc23)nc2ccccc21. The van der Waals surface area contributed by atoms with E-state index in [4.69, 9.17) is 9.40 Å². The zero-order chi connectivity index (χ0) is 25.5. The van der Waals surface area contributed by atoms with Crippen LogP contribution in [0.15, 0.2) is 95.7 Å². The van der Waals surface area contributed by atoms with E-state index in [0.29, 0.717) is 11.8 Å². The van der Waals surface area contributed by atoms with Crippen LogP contribution >= 0.6 is 0 Å². The van der Waals surface area contributed by atoms with Gasteiger partial charge in [-0.1, -0.05) is 70.2 Å². The van der Waals surface area contributed by atoms with E-state index in [0.717, 1.165) is 45.5 Å². The first-order valence-corrected chi connectivity index (χ1v) is 13.0. The summed E-state index contributed by atoms with van der Waals surface area (Å²) in [6.45, 7) is 9.05. The quantitative estimate of drug-likeness (QED) is 0.237. The molecule has 0 aliphatic carbocycles. The molecule has 0 saturated heterocycles. The van der Waals surface area contributed by atoms with E-state index in [-0.39, 0.29) is 0 Å². The minimum absolute atomic E-state index is 0.369. The second-order valence-corrected chi connectivity index (χ2v) is 10.3. The summed E-state index contributed by atoms with van der Waals surface area (Å²) in [6.07, 6.45) is 4.48. The van der Waals surface area contributed by atoms with Crippen LogP contribution in [0.3, 0.4) is 0 Å². The van der Waals surface area contributed by atoms with Gasteiger partial charge in [0.2, 0.25) is 0 Å². The smallest absolute Gasteiger partial charge is 0.149 e. The molecule has 3 aromatic heterocycles. The van der Waals surface area contributed by atoms with Gasteiger partial charge in [-0.15, -0.1) is 0 Å². The number of pyridine rings is 1. The summed E-state index contributed by atoms with van der Waals surface area (Å²) in [7, 11) is 0. The molecular formula is C33H31N3O. The molecule has 0 fully saturated rings. The van der Waals surface area contributed by atoms with E-state index in [1.807, 2.05) is 24.6 Å². The van der Waals surface area contributed by atoms with E-state index in [1.54, 1.807) is 0 Å². The predicted octanol–water partition coefficient (Wildman–Crippen LogP) is 8.67. The van der Waals surface area contributed by atoms with Crippen molar-refractivity contribution < 1.29 is 4.42 Å². The third-order valence-corrected chi connectivity index (χ3v) is 7.12. The van der Waals surface area contributed by atoms with E-state index in [9.17, 15) is 0 Å². The summed E-state index contributed by atoms with van der Waals surface area (Å²) in [5.41, 5.74) is 10.1. The molecule has 37 heavy (non-hydrogen) atoms. The minimum atomic E-state index is 0.369. The van der Waals surface area contributed by atoms with Gasteiger partial charge < -0.3 is 4.42 Å². The van der Waals surface area contributed by atoms with Crippen molar-refractivity contribution in [3.63, 3.8) is 0 Å². The van der Waals surface area contributed by atoms with Crippen molar-refractivity contribution >= 4 is 22.0 Å². The predicted molar refractivity (Wildman–Crippen MR) is 151 cm³/mol. The first kappa shape index (κ1) is 23.2. The lowest BCUT2D eigenvalue weighted by atomic mass is 9.92. The zero-order valence-electron chi connectivity index (χ0n) is 21.8. The lowest BCUT2D eigenvalue weighted by Crippen LogP contribution is -2.08. The number of benzene rings is 3. The Balaban J connectivity index is 1.61. The Morgan fingerprint density at radius 2 is 1.57 bits per heavy atom. The molecule has 6 aromatic rings. The van der Waals surface area contributed by atoms with E-state index in [1.165, 1.54) is 22.4 Å². The molecule has 3 heterocycles. The number of hydrogen-bond acceptors (Lipinski definition) is 3. The largest absolute Gasteiger partial charge is 0.464 e. The fraction of sp³-hybridized carbons (Fsp3) is 0.212. The molecule has 184 valence electrons. The number of nitrogens with zero attached hydrogens (tertiary/aromatic N) is 3. The number of hydrogen-bond donors (Lipinski definition) is 0. The van der Waals surface area contributed by atoms with Gasteiger partial charge in [-0.2, -0.15) is 0 Å². The van der Waals surface area contributed by atoms with Gasteiger partial charge in [-0.05, 0) is 64.9 Å². The molecule has 4 nitrogen and oxygen atoms in total. The summed E-state index contributed by atoms with van der Waals surface area (Å²) >= 11 is 0. The van der Waals surface area contributed by atoms with E-state index in [2.05, 4.69) is 104 Å². The summed E-state index contributed by atoms with van der Waals surface area (Å²) in [4.78, 5) is 9.70. The summed E-state index contributed by atoms with van der Waals surface area (Å²) < 4.78 is 8.44. The van der Waals surface area contributed by atoms with Crippen LogP contribution in [0.2, 0.25) is 0 Å². The number of aromatic nitrogens is 3. The van der Waals surface area contributed by atoms with Crippen LogP contribution in [-0.4, -0.2) is 14.5 Å². The van der Waals surface area contributed by atoms with Crippen molar-refractivity contribution in [3.05, 3.63) is 114 Å². The Bertz CT molecular complexity index is 1680. The van der Waals surface area contributed by atoms with Gasteiger partial charge in [0.1, 0.15) is 17.7 Å². The summed E-state index contributed by atoms with van der Waals surface area (Å²) in [6, 6.07) is 27.6. The highest BCUT2D eigenvalue weighted by Gasteiger charge is 2.23. The van der Waals surface area contributed by atoms with Gasteiger partial charge in [0, 0.05) is 23.7 Å². The van der Waals surface area contributed by atoms with Gasteiger partial charge in [-0.25, -0.2) is 4.98 Å². The van der Waals surface area contributed by atoms with Crippen LogP contribution in [0.4, 0.5) is 0 Å². The lowest BCUT2D eigenvalue weighted by molar-refractivity contribution is 0.616. The van der Waals surface area contributed by atoms with Crippen LogP contribution in [0.1, 0.15) is 61.9 Å². The number of fused-ring (bicyclic) bond motifs is 2. The van der Waals surface area contributed by atoms with E-state index < -0.39 is 0 Å². The standard InChI is InChI=1S/C33H31N3O/c1-21(2)25-11-9-12-26(22(3)4)32(25)36-30-14-6-5-13-29(30)35-33(36)28-20-37-31-16-15-23(19-27(28)31)18-24-10-7-8-17-34-24/h5-17,19-22H,18H2,1-4H3. The molecule has 4 heteroatoms. The second kappa shape index (κ2) is 9.36. The maximum atomic E-state index is 6.08. The molecule has 0 aliphatic rings. The van der Waals surface area contributed by atoms with E-state index >= 15 is 0 Å². The molecule has 0 saturated carbocycles. The second-order valence-electron chi connectivity index (χ2n) is 10.3. The molecular weight excluding hydrogens is 454 g/mol. The monoisotopic (exact) mass is 485 g/mol. The van der Waals surface area contributed by atoms with Crippen molar-refractivity contribution in [3.8, 4) is 17.1 Å². The maximum absolute atomic E-state index is 6.08. The van der Waals surface area contributed by atoms with Gasteiger partial charge in [0.05, 0.1) is 22.3 Å². The molecule has 0 unspecified atom stereocenters. The minimum Gasteiger partial charge on any atom is -0.464 e. The highest BCUT2D eigenvalue weighted by atomic mass is 16.3. The van der Waals surface area contributed by atoms with Crippen LogP contribution in [0, 0.1) is 0 Å². The highest BCUT2D eigenvalue weighted by molar-refractivity contribution is 5.96. The van der Waals surface area contributed by atoms with Gasteiger partial charge in [-0.3, -0.25) is 9.55 Å². The van der Waals surface area contributed by atoms with Crippen molar-refractivity contribution in [1.29, 1.82) is 0 Å². The first-order valence-electron chi connectivity index (χ1n) is 13.0. The third kappa shape index (κ3) is 4.13. The van der Waals surface area contributed by atoms with Crippen molar-refractivity contribution in [2.24, 2.45) is 0 Å². The molecule has 0 N–H and O–H groups in total. The van der Waals surface area contributed by atoms with Crippen molar-refractivity contribution in [2.45, 2.75) is 46.0 Å². The molecule has 0 spiro atoms. The Morgan fingerprint density at radius 1 is 0.811 bits per heavy atom. The normalized spacial score (nSPS) is 11.8.